The van der Waals surface area contributed by atoms with Crippen LogP contribution >= 0.6 is 0 Å². The molecule has 0 aliphatic carbocycles. The molecule has 29 heavy (non-hydrogen) atoms. The fraction of sp³-hybridized carbons (Fsp3) is 0.368. The Morgan fingerprint density at radius 1 is 1.24 bits per heavy atom. The molecular weight excluding hydrogens is 374 g/mol. The topological polar surface area (TPSA) is 151 Å². The van der Waals surface area contributed by atoms with Crippen molar-refractivity contribution >= 4 is 17.6 Å². The number of likely N-dealkylation sites (tertiary alicyclic amines) is 1. The second-order valence-corrected chi connectivity index (χ2v) is 7.04. The van der Waals surface area contributed by atoms with Gasteiger partial charge in [-0.05, 0) is 18.4 Å². The summed E-state index contributed by atoms with van der Waals surface area (Å²) >= 11 is 0. The van der Waals surface area contributed by atoms with Crippen molar-refractivity contribution in [1.29, 1.82) is 5.41 Å². The lowest BCUT2D eigenvalue weighted by Crippen LogP contribution is -2.51. The molecule has 3 rings (SSSR count). The van der Waals surface area contributed by atoms with E-state index in [4.69, 9.17) is 11.1 Å². The Morgan fingerprint density at radius 3 is 2.52 bits per heavy atom. The van der Waals surface area contributed by atoms with Crippen molar-refractivity contribution in [3.8, 4) is 0 Å². The van der Waals surface area contributed by atoms with Crippen LogP contribution in [-0.2, 0) is 5.41 Å². The van der Waals surface area contributed by atoms with Gasteiger partial charge >= 0.3 is 0 Å². The number of anilines is 1. The first kappa shape index (κ1) is 20.2. The number of nitrogens with one attached hydrogen (secondary N) is 2. The molecule has 4 N–H and O–H groups in total. The molecule has 0 radical (unpaired) electrons. The van der Waals surface area contributed by atoms with Crippen molar-refractivity contribution < 1.29 is 9.72 Å². The van der Waals surface area contributed by atoms with Crippen LogP contribution in [0.15, 0.2) is 42.7 Å². The Kier molecular flexibility index (Phi) is 6.01. The van der Waals surface area contributed by atoms with Gasteiger partial charge in [-0.25, -0.2) is 9.97 Å². The van der Waals surface area contributed by atoms with Gasteiger partial charge in [-0.1, -0.05) is 30.3 Å². The second-order valence-electron chi connectivity index (χ2n) is 7.04. The molecule has 0 bridgehead atoms. The number of nitrogens with zero attached hydrogens (tertiary/aromatic N) is 4. The third-order valence-corrected chi connectivity index (χ3v) is 5.30. The first-order valence-electron chi connectivity index (χ1n) is 9.26. The zero-order valence-corrected chi connectivity index (χ0v) is 15.9. The second kappa shape index (κ2) is 8.63. The van der Waals surface area contributed by atoms with Crippen molar-refractivity contribution in [3.05, 3.63) is 64.1 Å². The quantitative estimate of drug-likeness (QED) is 0.285. The van der Waals surface area contributed by atoms with E-state index in [1.807, 2.05) is 30.3 Å². The van der Waals surface area contributed by atoms with Gasteiger partial charge in [0.2, 0.25) is 0 Å². The summed E-state index contributed by atoms with van der Waals surface area (Å²) in [6, 6.07) is 9.85. The van der Waals surface area contributed by atoms with Gasteiger partial charge in [-0.15, -0.1) is 0 Å². The molecule has 0 atom stereocenters. The lowest BCUT2D eigenvalue weighted by atomic mass is 9.72. The lowest BCUT2D eigenvalue weighted by Gasteiger charge is -2.42. The molecule has 1 aromatic carbocycles. The summed E-state index contributed by atoms with van der Waals surface area (Å²) in [6.45, 7) is 0.888. The number of piperidine rings is 1. The maximum absolute atomic E-state index is 12.6. The largest absolute Gasteiger partial charge is 0.382 e. The van der Waals surface area contributed by atoms with Crippen molar-refractivity contribution in [1.82, 2.24) is 20.2 Å². The van der Waals surface area contributed by atoms with Gasteiger partial charge < -0.3 is 16.0 Å². The number of hydrogen-bond donors (Lipinski definition) is 3. The summed E-state index contributed by atoms with van der Waals surface area (Å²) in [7, 11) is 0. The minimum atomic E-state index is -0.493. The minimum absolute atomic E-state index is 0.00744. The van der Waals surface area contributed by atoms with Crippen molar-refractivity contribution in [2.24, 2.45) is 0 Å². The summed E-state index contributed by atoms with van der Waals surface area (Å²) in [4.78, 5) is 32.4. The molecule has 0 saturated carbocycles. The summed E-state index contributed by atoms with van der Waals surface area (Å²) in [6.07, 6.45) is 4.13. The third-order valence-electron chi connectivity index (χ3n) is 5.30. The summed E-state index contributed by atoms with van der Waals surface area (Å²) in [5, 5.41) is 21.6. The third kappa shape index (κ3) is 4.65. The molecule has 10 heteroatoms. The van der Waals surface area contributed by atoms with Crippen LogP contribution in [-0.4, -0.2) is 57.7 Å². The fourth-order valence-electron chi connectivity index (χ4n) is 3.64. The average molecular weight is 397 g/mol. The fourth-order valence-corrected chi connectivity index (χ4v) is 3.64. The number of hydrogen-bond acceptors (Lipinski definition) is 7. The zero-order chi connectivity index (χ0) is 20.9. The summed E-state index contributed by atoms with van der Waals surface area (Å²) in [5.41, 5.74) is 6.56. The maximum Gasteiger partial charge on any atom is 0.273 e. The first-order valence-corrected chi connectivity index (χ1v) is 9.26. The minimum Gasteiger partial charge on any atom is -0.382 e. The molecule has 1 aliphatic rings. The number of carbonyl (C=O) groups is 1. The van der Waals surface area contributed by atoms with Crippen LogP contribution in [0.5, 0.6) is 0 Å². The normalized spacial score (nSPS) is 15.5. The molecule has 152 valence electrons. The van der Waals surface area contributed by atoms with Crippen LogP contribution in [0.25, 0.3) is 0 Å². The molecule has 2 aromatic rings. The Labute approximate surface area is 167 Å². The van der Waals surface area contributed by atoms with E-state index >= 15 is 0 Å². The molecule has 1 aliphatic heterocycles. The highest BCUT2D eigenvalue weighted by molar-refractivity contribution is 5.96. The zero-order valence-electron chi connectivity index (χ0n) is 15.9. The van der Waals surface area contributed by atoms with E-state index in [0.717, 1.165) is 5.56 Å². The van der Waals surface area contributed by atoms with Crippen molar-refractivity contribution in [3.63, 3.8) is 0 Å². The van der Waals surface area contributed by atoms with Crippen LogP contribution in [0.1, 0.15) is 28.9 Å². The van der Waals surface area contributed by atoms with Gasteiger partial charge in [0.25, 0.3) is 12.5 Å². The molecule has 1 saturated heterocycles. The standard InChI is InChI=1S/C19H23N7O3/c20-15(12-26(28)29)25-10-6-19(7-11-25,14-4-2-1-3-5-14)13-24-18(27)16-17(21)23-9-8-22-16/h1-5,8-9,20H,6-7,10-13H2,(H2,21,23)(H,24,27). The van der Waals surface area contributed by atoms with E-state index in [2.05, 4.69) is 15.3 Å². The van der Waals surface area contributed by atoms with E-state index in [1.54, 1.807) is 4.90 Å². The van der Waals surface area contributed by atoms with Crippen LogP contribution in [0.4, 0.5) is 5.82 Å². The Bertz CT molecular complexity index is 896. The molecule has 1 fully saturated rings. The van der Waals surface area contributed by atoms with E-state index in [1.165, 1.54) is 12.4 Å². The number of amides is 1. The van der Waals surface area contributed by atoms with E-state index in [-0.39, 0.29) is 22.8 Å². The first-order chi connectivity index (χ1) is 13.9. The Hall–Kier alpha value is -3.56. The number of carbonyl (C=O) groups excluding carboxylic acids is 1. The SMILES string of the molecule is N=C(C[N+](=O)[O-])N1CCC(CNC(=O)c2nccnc2N)(c2ccccc2)CC1. The highest BCUT2D eigenvalue weighted by Crippen LogP contribution is 2.35. The van der Waals surface area contributed by atoms with Gasteiger partial charge in [0.15, 0.2) is 17.3 Å². The predicted molar refractivity (Wildman–Crippen MR) is 107 cm³/mol. The highest BCUT2D eigenvalue weighted by atomic mass is 16.6. The molecule has 10 nitrogen and oxygen atoms in total. The van der Waals surface area contributed by atoms with E-state index < -0.39 is 17.4 Å². The summed E-state index contributed by atoms with van der Waals surface area (Å²) < 4.78 is 0. The number of amidine groups is 1. The van der Waals surface area contributed by atoms with Gasteiger partial charge in [0.1, 0.15) is 0 Å². The molecular formula is C19H23N7O3. The van der Waals surface area contributed by atoms with Gasteiger partial charge in [-0.2, -0.15) is 0 Å². The number of rotatable bonds is 6. The summed E-state index contributed by atoms with van der Waals surface area (Å²) in [5.74, 6) is -0.315. The molecule has 2 heterocycles. The van der Waals surface area contributed by atoms with Crippen LogP contribution in [0, 0.1) is 15.5 Å². The van der Waals surface area contributed by atoms with Gasteiger partial charge in [0, 0.05) is 42.4 Å². The van der Waals surface area contributed by atoms with Crippen LogP contribution in [0.3, 0.4) is 0 Å². The Balaban J connectivity index is 1.75. The number of nitrogens with two attached hydrogens (primary N) is 1. The van der Waals surface area contributed by atoms with Crippen LogP contribution < -0.4 is 11.1 Å². The average Bonchev–Trinajstić information content (AvgIpc) is 2.73. The van der Waals surface area contributed by atoms with E-state index in [9.17, 15) is 14.9 Å². The molecule has 1 aromatic heterocycles. The number of nitro groups is 1. The maximum atomic E-state index is 12.6. The number of aromatic nitrogens is 2. The van der Waals surface area contributed by atoms with Crippen LogP contribution in [0.2, 0.25) is 0 Å². The van der Waals surface area contributed by atoms with Gasteiger partial charge in [0.05, 0.1) is 0 Å². The molecule has 1 amide bonds. The monoisotopic (exact) mass is 397 g/mol. The Morgan fingerprint density at radius 2 is 1.90 bits per heavy atom. The smallest absolute Gasteiger partial charge is 0.273 e. The predicted octanol–water partition coefficient (Wildman–Crippen LogP) is 1.08. The highest BCUT2D eigenvalue weighted by Gasteiger charge is 2.37. The number of nitrogen functional groups attached to an aromatic ring is 1. The van der Waals surface area contributed by atoms with E-state index in [0.29, 0.717) is 32.5 Å². The molecule has 0 unspecified atom stereocenters. The van der Waals surface area contributed by atoms with Gasteiger partial charge in [-0.3, -0.25) is 20.3 Å². The van der Waals surface area contributed by atoms with Crippen molar-refractivity contribution in [2.75, 3.05) is 31.9 Å². The lowest BCUT2D eigenvalue weighted by molar-refractivity contribution is -0.464. The number of benzene rings is 1. The molecule has 0 spiro atoms. The van der Waals surface area contributed by atoms with Crippen molar-refractivity contribution in [2.45, 2.75) is 18.3 Å².